The van der Waals surface area contributed by atoms with Gasteiger partial charge in [-0.15, -0.1) is 0 Å². The van der Waals surface area contributed by atoms with E-state index >= 15 is 0 Å². The van der Waals surface area contributed by atoms with E-state index in [2.05, 4.69) is 63.4 Å². The minimum Gasteiger partial charge on any atom is -0.323 e. The highest BCUT2D eigenvalue weighted by molar-refractivity contribution is 9.10. The van der Waals surface area contributed by atoms with Crippen molar-refractivity contribution in [1.82, 2.24) is 10.3 Å². The van der Waals surface area contributed by atoms with E-state index in [-0.39, 0.29) is 0 Å². The van der Waals surface area contributed by atoms with Gasteiger partial charge in [-0.25, -0.2) is 4.98 Å². The van der Waals surface area contributed by atoms with Crippen molar-refractivity contribution in [1.29, 1.82) is 0 Å². The normalized spacial score (nSPS) is 17.7. The van der Waals surface area contributed by atoms with Gasteiger partial charge in [0, 0.05) is 34.5 Å². The van der Waals surface area contributed by atoms with Crippen LogP contribution in [0.3, 0.4) is 0 Å². The number of aryl methyl sites for hydroxylation is 1. The molecule has 0 spiro atoms. The van der Waals surface area contributed by atoms with Gasteiger partial charge >= 0.3 is 0 Å². The van der Waals surface area contributed by atoms with Crippen LogP contribution in [-0.2, 0) is 13.0 Å². The summed E-state index contributed by atoms with van der Waals surface area (Å²) < 4.78 is 1.02. The van der Waals surface area contributed by atoms with Gasteiger partial charge in [0.15, 0.2) is 0 Å². The summed E-state index contributed by atoms with van der Waals surface area (Å²) in [6.45, 7) is 3.09. The molecular formula is C17H20BrN3. The highest BCUT2D eigenvalue weighted by Gasteiger charge is 2.26. The molecule has 0 aliphatic carbocycles. The number of benzene rings is 1. The van der Waals surface area contributed by atoms with E-state index in [0.717, 1.165) is 29.7 Å². The molecule has 1 aromatic heterocycles. The monoisotopic (exact) mass is 345 g/mol. The molecule has 1 aliphatic heterocycles. The molecule has 0 saturated heterocycles. The fourth-order valence-corrected chi connectivity index (χ4v) is 3.40. The minimum atomic E-state index is 0.462. The van der Waals surface area contributed by atoms with Crippen molar-refractivity contribution in [3.63, 3.8) is 0 Å². The van der Waals surface area contributed by atoms with E-state index in [1.165, 1.54) is 16.8 Å². The summed E-state index contributed by atoms with van der Waals surface area (Å²) in [6.07, 6.45) is 4.19. The van der Waals surface area contributed by atoms with Crippen LogP contribution in [0, 0.1) is 0 Å². The predicted octanol–water partition coefficient (Wildman–Crippen LogP) is 4.04. The number of para-hydroxylation sites is 1. The molecule has 1 atom stereocenters. The maximum Gasteiger partial charge on any atom is 0.137 e. The van der Waals surface area contributed by atoms with E-state index in [0.29, 0.717) is 6.04 Å². The average molecular weight is 346 g/mol. The standard InChI is InChI=1S/C17H20BrN3/c1-12-7-8-13-5-3-4-6-16(13)21(12)17-14(10-19-2)9-15(18)11-20-17/h3-6,9,11-12,19H,7-8,10H2,1-2H3. The Bertz CT molecular complexity index is 642. The lowest BCUT2D eigenvalue weighted by Gasteiger charge is -2.37. The Kier molecular flexibility index (Phi) is 4.27. The third kappa shape index (κ3) is 2.83. The van der Waals surface area contributed by atoms with Crippen molar-refractivity contribution in [2.75, 3.05) is 11.9 Å². The number of hydrogen-bond acceptors (Lipinski definition) is 3. The first-order chi connectivity index (χ1) is 10.2. The number of nitrogens with one attached hydrogen (secondary N) is 1. The lowest BCUT2D eigenvalue weighted by molar-refractivity contribution is 0.610. The predicted molar refractivity (Wildman–Crippen MR) is 91.1 cm³/mol. The molecule has 0 radical (unpaired) electrons. The molecule has 2 aromatic rings. The Labute approximate surface area is 134 Å². The number of hydrogen-bond donors (Lipinski definition) is 1. The zero-order valence-electron chi connectivity index (χ0n) is 12.4. The first-order valence-corrected chi connectivity index (χ1v) is 8.16. The van der Waals surface area contributed by atoms with Crippen LogP contribution in [0.15, 0.2) is 41.0 Å². The molecule has 3 nitrogen and oxygen atoms in total. The number of nitrogens with zero attached hydrogens (tertiary/aromatic N) is 2. The summed E-state index contributed by atoms with van der Waals surface area (Å²) in [7, 11) is 1.97. The summed E-state index contributed by atoms with van der Waals surface area (Å²) >= 11 is 3.53. The van der Waals surface area contributed by atoms with E-state index < -0.39 is 0 Å². The molecule has 1 aliphatic rings. The molecule has 1 aromatic carbocycles. The van der Waals surface area contributed by atoms with E-state index in [4.69, 9.17) is 4.98 Å². The highest BCUT2D eigenvalue weighted by atomic mass is 79.9. The fraction of sp³-hybridized carbons (Fsp3) is 0.353. The zero-order chi connectivity index (χ0) is 14.8. The number of pyridine rings is 1. The van der Waals surface area contributed by atoms with Gasteiger partial charge in [-0.2, -0.15) is 0 Å². The number of rotatable bonds is 3. The molecule has 4 heteroatoms. The molecular weight excluding hydrogens is 326 g/mol. The summed E-state index contributed by atoms with van der Waals surface area (Å²) in [5, 5.41) is 3.24. The van der Waals surface area contributed by atoms with E-state index in [9.17, 15) is 0 Å². The Morgan fingerprint density at radius 3 is 3.00 bits per heavy atom. The van der Waals surface area contributed by atoms with Gasteiger partial charge in [0.2, 0.25) is 0 Å². The van der Waals surface area contributed by atoms with Crippen molar-refractivity contribution in [3.05, 3.63) is 52.1 Å². The number of halogens is 1. The van der Waals surface area contributed by atoms with Crippen molar-refractivity contribution in [2.24, 2.45) is 0 Å². The lowest BCUT2D eigenvalue weighted by atomic mass is 9.96. The fourth-order valence-electron chi connectivity index (χ4n) is 3.02. The van der Waals surface area contributed by atoms with Gasteiger partial charge in [0.05, 0.1) is 0 Å². The van der Waals surface area contributed by atoms with Gasteiger partial charge in [0.25, 0.3) is 0 Å². The molecule has 0 fully saturated rings. The minimum absolute atomic E-state index is 0.462. The van der Waals surface area contributed by atoms with Crippen LogP contribution < -0.4 is 10.2 Å². The summed E-state index contributed by atoms with van der Waals surface area (Å²) in [5.74, 6) is 1.06. The van der Waals surface area contributed by atoms with Crippen molar-refractivity contribution >= 4 is 27.4 Å². The smallest absolute Gasteiger partial charge is 0.137 e. The molecule has 21 heavy (non-hydrogen) atoms. The van der Waals surface area contributed by atoms with E-state index in [1.54, 1.807) is 0 Å². The molecule has 2 heterocycles. The number of fused-ring (bicyclic) bond motifs is 1. The second-order valence-corrected chi connectivity index (χ2v) is 6.47. The van der Waals surface area contributed by atoms with Crippen molar-refractivity contribution < 1.29 is 0 Å². The lowest BCUT2D eigenvalue weighted by Crippen LogP contribution is -2.34. The van der Waals surface area contributed by atoms with Gasteiger partial charge in [0.1, 0.15) is 5.82 Å². The number of anilines is 2. The third-order valence-electron chi connectivity index (χ3n) is 4.03. The molecule has 1 N–H and O–H groups in total. The second-order valence-electron chi connectivity index (χ2n) is 5.55. The topological polar surface area (TPSA) is 28.2 Å². The first kappa shape index (κ1) is 14.5. The van der Waals surface area contributed by atoms with E-state index in [1.807, 2.05) is 13.2 Å². The molecule has 0 saturated carbocycles. The number of aromatic nitrogens is 1. The molecule has 110 valence electrons. The Balaban J connectivity index is 2.11. The molecule has 1 unspecified atom stereocenters. The maximum absolute atomic E-state index is 4.71. The van der Waals surface area contributed by atoms with Crippen molar-refractivity contribution in [2.45, 2.75) is 32.4 Å². The average Bonchev–Trinajstić information content (AvgIpc) is 2.49. The SMILES string of the molecule is CNCc1cc(Br)cnc1N1c2ccccc2CCC1C. The van der Waals surface area contributed by atoms with Crippen LogP contribution in [-0.4, -0.2) is 18.1 Å². The maximum atomic E-state index is 4.71. The summed E-state index contributed by atoms with van der Waals surface area (Å²) in [5.41, 5.74) is 3.93. The Morgan fingerprint density at radius 2 is 2.19 bits per heavy atom. The Morgan fingerprint density at radius 1 is 1.38 bits per heavy atom. The summed E-state index contributed by atoms with van der Waals surface area (Å²) in [4.78, 5) is 7.10. The summed E-state index contributed by atoms with van der Waals surface area (Å²) in [6, 6.07) is 11.3. The van der Waals surface area contributed by atoms with Gasteiger partial charge in [-0.05, 0) is 60.4 Å². The second kappa shape index (κ2) is 6.16. The highest BCUT2D eigenvalue weighted by Crippen LogP contribution is 2.37. The first-order valence-electron chi connectivity index (χ1n) is 7.37. The van der Waals surface area contributed by atoms with Crippen LogP contribution in [0.25, 0.3) is 0 Å². The largest absolute Gasteiger partial charge is 0.323 e. The molecule has 0 bridgehead atoms. The quantitative estimate of drug-likeness (QED) is 0.909. The zero-order valence-corrected chi connectivity index (χ0v) is 14.0. The van der Waals surface area contributed by atoms with Gasteiger partial charge in [-0.3, -0.25) is 0 Å². The Hall–Kier alpha value is -1.39. The molecule has 3 rings (SSSR count). The van der Waals surface area contributed by atoms with Crippen LogP contribution >= 0.6 is 15.9 Å². The van der Waals surface area contributed by atoms with Gasteiger partial charge < -0.3 is 10.2 Å². The molecule has 0 amide bonds. The van der Waals surface area contributed by atoms with Crippen LogP contribution in [0.4, 0.5) is 11.5 Å². The van der Waals surface area contributed by atoms with Gasteiger partial charge in [-0.1, -0.05) is 18.2 Å². The third-order valence-corrected chi connectivity index (χ3v) is 4.46. The van der Waals surface area contributed by atoms with Crippen LogP contribution in [0.2, 0.25) is 0 Å². The van der Waals surface area contributed by atoms with Crippen LogP contribution in [0.5, 0.6) is 0 Å². The van der Waals surface area contributed by atoms with Crippen LogP contribution in [0.1, 0.15) is 24.5 Å². The van der Waals surface area contributed by atoms with Crippen molar-refractivity contribution in [3.8, 4) is 0 Å².